The first-order valence-corrected chi connectivity index (χ1v) is 9.89. The highest BCUT2D eigenvalue weighted by Crippen LogP contribution is 2.33. The maximum Gasteiger partial charge on any atom is 0.192 e. The molecule has 0 fully saturated rings. The minimum Gasteiger partial charge on any atom is -0.493 e. The maximum absolute atomic E-state index is 6.13. The molecular weight excluding hydrogens is 372 g/mol. The van der Waals surface area contributed by atoms with Gasteiger partial charge in [-0.3, -0.25) is 0 Å². The Morgan fingerprint density at radius 2 is 2.11 bits per heavy atom. The fraction of sp³-hybridized carbons (Fsp3) is 0.286. The van der Waals surface area contributed by atoms with Crippen LogP contribution in [-0.4, -0.2) is 26.7 Å². The number of rotatable bonds is 6. The Kier molecular flexibility index (Phi) is 4.77. The first kappa shape index (κ1) is 18.4. The van der Waals surface area contributed by atoms with Crippen LogP contribution in [0.4, 0.5) is 0 Å². The SMILES string of the molecule is C=CCc1ccc(OC(C)c2nc3c4c(C)c(C)sc4ncn3n2)c(OC)c1. The number of methoxy groups -OCH3 is 1. The summed E-state index contributed by atoms with van der Waals surface area (Å²) in [4.78, 5) is 11.5. The second-order valence-corrected chi connectivity index (χ2v) is 7.89. The number of allylic oxidation sites excluding steroid dienone is 1. The topological polar surface area (TPSA) is 61.5 Å². The van der Waals surface area contributed by atoms with Crippen molar-refractivity contribution < 1.29 is 9.47 Å². The molecule has 0 aliphatic carbocycles. The lowest BCUT2D eigenvalue weighted by atomic mass is 10.1. The van der Waals surface area contributed by atoms with Gasteiger partial charge in [-0.1, -0.05) is 12.1 Å². The zero-order valence-electron chi connectivity index (χ0n) is 16.4. The van der Waals surface area contributed by atoms with Crippen molar-refractivity contribution in [2.24, 2.45) is 0 Å². The predicted octanol–water partition coefficient (Wildman–Crippen LogP) is 4.83. The number of aryl methyl sites for hydroxylation is 2. The number of ether oxygens (including phenoxy) is 2. The summed E-state index contributed by atoms with van der Waals surface area (Å²) in [5, 5.41) is 5.64. The van der Waals surface area contributed by atoms with Crippen molar-refractivity contribution in [2.45, 2.75) is 33.3 Å². The number of hydrogen-bond acceptors (Lipinski definition) is 6. The lowest BCUT2D eigenvalue weighted by Crippen LogP contribution is -2.06. The molecule has 1 aromatic carbocycles. The summed E-state index contributed by atoms with van der Waals surface area (Å²) in [6.07, 6.45) is 4.01. The summed E-state index contributed by atoms with van der Waals surface area (Å²) in [6.45, 7) is 9.91. The Morgan fingerprint density at radius 3 is 2.86 bits per heavy atom. The van der Waals surface area contributed by atoms with Gasteiger partial charge < -0.3 is 9.47 Å². The average molecular weight is 395 g/mol. The predicted molar refractivity (Wildman–Crippen MR) is 112 cm³/mol. The molecule has 28 heavy (non-hydrogen) atoms. The van der Waals surface area contributed by atoms with Crippen molar-refractivity contribution in [1.29, 1.82) is 0 Å². The quantitative estimate of drug-likeness (QED) is 0.438. The third-order valence-electron chi connectivity index (χ3n) is 4.80. The van der Waals surface area contributed by atoms with Gasteiger partial charge in [0, 0.05) is 4.88 Å². The number of thiophene rings is 1. The molecule has 144 valence electrons. The van der Waals surface area contributed by atoms with Gasteiger partial charge in [0.15, 0.2) is 29.1 Å². The van der Waals surface area contributed by atoms with Crippen molar-refractivity contribution in [1.82, 2.24) is 19.6 Å². The van der Waals surface area contributed by atoms with E-state index in [1.54, 1.807) is 29.3 Å². The number of fused-ring (bicyclic) bond motifs is 3. The molecule has 0 spiro atoms. The van der Waals surface area contributed by atoms with Gasteiger partial charge in [0.05, 0.1) is 12.5 Å². The normalized spacial score (nSPS) is 12.4. The van der Waals surface area contributed by atoms with Gasteiger partial charge in [-0.2, -0.15) is 0 Å². The molecule has 7 heteroatoms. The van der Waals surface area contributed by atoms with Gasteiger partial charge in [-0.05, 0) is 50.5 Å². The number of nitrogens with zero attached hydrogens (tertiary/aromatic N) is 4. The minimum atomic E-state index is -0.339. The average Bonchev–Trinajstić information content (AvgIpc) is 3.24. The molecule has 4 aromatic rings. The lowest BCUT2D eigenvalue weighted by molar-refractivity contribution is 0.206. The van der Waals surface area contributed by atoms with E-state index in [1.165, 1.54) is 10.4 Å². The first-order valence-electron chi connectivity index (χ1n) is 9.07. The molecule has 3 heterocycles. The summed E-state index contributed by atoms with van der Waals surface area (Å²) in [6, 6.07) is 5.89. The highest BCUT2D eigenvalue weighted by atomic mass is 32.1. The Balaban J connectivity index is 1.68. The molecule has 3 aromatic heterocycles. The van der Waals surface area contributed by atoms with Crippen LogP contribution >= 0.6 is 11.3 Å². The third-order valence-corrected chi connectivity index (χ3v) is 5.91. The molecule has 0 saturated carbocycles. The van der Waals surface area contributed by atoms with Crippen LogP contribution in [-0.2, 0) is 6.42 Å². The van der Waals surface area contributed by atoms with Crippen molar-refractivity contribution in [3.05, 3.63) is 59.0 Å². The molecule has 0 N–H and O–H groups in total. The molecule has 0 bridgehead atoms. The van der Waals surface area contributed by atoms with Crippen molar-refractivity contribution in [3.8, 4) is 11.5 Å². The Labute approximate surface area is 167 Å². The van der Waals surface area contributed by atoms with Crippen LogP contribution in [0.25, 0.3) is 15.9 Å². The van der Waals surface area contributed by atoms with Crippen LogP contribution in [0.2, 0.25) is 0 Å². The highest BCUT2D eigenvalue weighted by Gasteiger charge is 2.19. The van der Waals surface area contributed by atoms with Gasteiger partial charge in [-0.25, -0.2) is 14.5 Å². The molecule has 1 atom stereocenters. The number of benzene rings is 1. The van der Waals surface area contributed by atoms with Crippen LogP contribution in [0.15, 0.2) is 37.2 Å². The van der Waals surface area contributed by atoms with E-state index in [0.29, 0.717) is 17.3 Å². The standard InChI is InChI=1S/C21H22N4O2S/c1-6-7-15-8-9-16(17(10-15)26-5)27-13(3)19-23-20-18-12(2)14(4)28-21(18)22-11-25(20)24-19/h6,8-11,13H,1,7H2,2-5H3. The Bertz CT molecular complexity index is 1180. The van der Waals surface area contributed by atoms with Crippen LogP contribution in [0.1, 0.15) is 34.9 Å². The summed E-state index contributed by atoms with van der Waals surface area (Å²) in [7, 11) is 1.64. The summed E-state index contributed by atoms with van der Waals surface area (Å²) >= 11 is 1.68. The number of aromatic nitrogens is 4. The second kappa shape index (κ2) is 7.24. The molecule has 1 unspecified atom stereocenters. The van der Waals surface area contributed by atoms with Crippen molar-refractivity contribution in [2.75, 3.05) is 7.11 Å². The van der Waals surface area contributed by atoms with E-state index >= 15 is 0 Å². The minimum absolute atomic E-state index is 0.339. The molecule has 4 rings (SSSR count). The van der Waals surface area contributed by atoms with E-state index in [-0.39, 0.29) is 6.10 Å². The number of hydrogen-bond donors (Lipinski definition) is 0. The maximum atomic E-state index is 6.13. The van der Waals surface area contributed by atoms with E-state index in [2.05, 4.69) is 30.5 Å². The van der Waals surface area contributed by atoms with Crippen molar-refractivity contribution in [3.63, 3.8) is 0 Å². The summed E-state index contributed by atoms with van der Waals surface area (Å²) in [5.41, 5.74) is 3.13. The van der Waals surface area contributed by atoms with E-state index < -0.39 is 0 Å². The summed E-state index contributed by atoms with van der Waals surface area (Å²) in [5.74, 6) is 1.95. The van der Waals surface area contributed by atoms with Gasteiger partial charge in [0.2, 0.25) is 0 Å². The summed E-state index contributed by atoms with van der Waals surface area (Å²) < 4.78 is 13.3. The Morgan fingerprint density at radius 1 is 1.29 bits per heavy atom. The monoisotopic (exact) mass is 394 g/mol. The second-order valence-electron chi connectivity index (χ2n) is 6.68. The van der Waals surface area contributed by atoms with Crippen molar-refractivity contribution >= 4 is 27.2 Å². The van der Waals surface area contributed by atoms with E-state index in [0.717, 1.165) is 27.8 Å². The zero-order chi connectivity index (χ0) is 19.8. The smallest absolute Gasteiger partial charge is 0.192 e. The van der Waals surface area contributed by atoms with Crippen LogP contribution in [0, 0.1) is 13.8 Å². The molecule has 0 aliphatic rings. The Hall–Kier alpha value is -2.93. The van der Waals surface area contributed by atoms with Gasteiger partial charge >= 0.3 is 0 Å². The fourth-order valence-corrected chi connectivity index (χ4v) is 4.17. The zero-order valence-corrected chi connectivity index (χ0v) is 17.2. The van der Waals surface area contributed by atoms with Crippen LogP contribution in [0.3, 0.4) is 0 Å². The fourth-order valence-electron chi connectivity index (χ4n) is 3.18. The molecule has 6 nitrogen and oxygen atoms in total. The van der Waals surface area contributed by atoms with Gasteiger partial charge in [0.1, 0.15) is 11.2 Å². The highest BCUT2D eigenvalue weighted by molar-refractivity contribution is 7.18. The van der Waals surface area contributed by atoms with E-state index in [1.807, 2.05) is 31.2 Å². The third kappa shape index (κ3) is 3.11. The molecule has 0 radical (unpaired) electrons. The molecule has 0 amide bonds. The first-order chi connectivity index (χ1) is 13.5. The van der Waals surface area contributed by atoms with Gasteiger partial charge in [0.25, 0.3) is 0 Å². The molecule has 0 saturated heterocycles. The van der Waals surface area contributed by atoms with Gasteiger partial charge in [-0.15, -0.1) is 23.0 Å². The van der Waals surface area contributed by atoms with Crippen LogP contribution in [0.5, 0.6) is 11.5 Å². The van der Waals surface area contributed by atoms with Crippen LogP contribution < -0.4 is 9.47 Å². The lowest BCUT2D eigenvalue weighted by Gasteiger charge is -2.15. The largest absolute Gasteiger partial charge is 0.493 e. The van der Waals surface area contributed by atoms with E-state index in [9.17, 15) is 0 Å². The van der Waals surface area contributed by atoms with E-state index in [4.69, 9.17) is 14.5 Å². The molecule has 0 aliphatic heterocycles. The molecular formula is C21H22N4O2S.